The van der Waals surface area contributed by atoms with Gasteiger partial charge in [0.25, 0.3) is 5.91 Å². The van der Waals surface area contributed by atoms with Crippen molar-refractivity contribution in [2.45, 2.75) is 26.0 Å². The number of rotatable bonds is 10. The molecule has 0 aliphatic carbocycles. The Morgan fingerprint density at radius 3 is 2.39 bits per heavy atom. The average molecular weight is 515 g/mol. The number of carbonyl (C=O) groups excluding carboxylic acids is 2. The van der Waals surface area contributed by atoms with Crippen molar-refractivity contribution in [3.05, 3.63) is 101 Å². The second kappa shape index (κ2) is 12.0. The van der Waals surface area contributed by atoms with Crippen LogP contribution in [0.5, 0.6) is 11.5 Å². The molecule has 1 amide bonds. The summed E-state index contributed by atoms with van der Waals surface area (Å²) in [6.45, 7) is 3.64. The highest BCUT2D eigenvalue weighted by molar-refractivity contribution is 6.46. The SMILES string of the molecule is COc1cccc(C2C(=C([O-])c3ccc(OCc4ccccc4C)cc3)C(=O)C(=O)N2CCC[NH+](C)C)c1. The highest BCUT2D eigenvalue weighted by Crippen LogP contribution is 2.39. The summed E-state index contributed by atoms with van der Waals surface area (Å²) in [5.74, 6) is -0.648. The second-order valence-electron chi connectivity index (χ2n) is 9.80. The maximum absolute atomic E-state index is 13.7. The zero-order valence-corrected chi connectivity index (χ0v) is 22.3. The molecule has 1 atom stereocenters. The van der Waals surface area contributed by atoms with Crippen molar-refractivity contribution >= 4 is 17.4 Å². The number of quaternary nitrogens is 1. The molecule has 7 nitrogen and oxygen atoms in total. The van der Waals surface area contributed by atoms with Crippen LogP contribution in [0.1, 0.15) is 34.7 Å². The van der Waals surface area contributed by atoms with E-state index in [9.17, 15) is 14.7 Å². The number of carbonyl (C=O) groups is 2. The van der Waals surface area contributed by atoms with E-state index in [-0.39, 0.29) is 5.57 Å². The van der Waals surface area contributed by atoms with Gasteiger partial charge in [-0.05, 0) is 53.4 Å². The third-order valence-corrected chi connectivity index (χ3v) is 6.79. The van der Waals surface area contributed by atoms with Gasteiger partial charge in [0.1, 0.15) is 18.1 Å². The van der Waals surface area contributed by atoms with E-state index in [4.69, 9.17) is 9.47 Å². The molecule has 1 fully saturated rings. The van der Waals surface area contributed by atoms with Crippen LogP contribution < -0.4 is 19.5 Å². The first-order chi connectivity index (χ1) is 18.3. The number of hydrogen-bond acceptors (Lipinski definition) is 5. The number of amides is 1. The predicted octanol–water partition coefficient (Wildman–Crippen LogP) is 2.34. The van der Waals surface area contributed by atoms with Crippen LogP contribution in [-0.2, 0) is 16.2 Å². The number of nitrogens with one attached hydrogen (secondary N) is 1. The van der Waals surface area contributed by atoms with E-state index >= 15 is 0 Å². The number of aryl methyl sites for hydroxylation is 1. The third kappa shape index (κ3) is 5.89. The molecule has 198 valence electrons. The Morgan fingerprint density at radius 1 is 0.974 bits per heavy atom. The summed E-state index contributed by atoms with van der Waals surface area (Å²) >= 11 is 0. The fraction of sp³-hybridized carbons (Fsp3) is 0.290. The summed E-state index contributed by atoms with van der Waals surface area (Å²) in [4.78, 5) is 29.1. The number of hydrogen-bond donors (Lipinski definition) is 1. The molecule has 3 aromatic carbocycles. The Bertz CT molecular complexity index is 1330. The van der Waals surface area contributed by atoms with Gasteiger partial charge in [-0.3, -0.25) is 9.59 Å². The van der Waals surface area contributed by atoms with Crippen molar-refractivity contribution in [3.63, 3.8) is 0 Å². The largest absolute Gasteiger partial charge is 0.872 e. The summed E-state index contributed by atoms with van der Waals surface area (Å²) in [7, 11) is 5.62. The maximum atomic E-state index is 13.7. The van der Waals surface area contributed by atoms with Gasteiger partial charge in [0.15, 0.2) is 0 Å². The molecule has 1 heterocycles. The third-order valence-electron chi connectivity index (χ3n) is 6.79. The highest BCUT2D eigenvalue weighted by Gasteiger charge is 2.44. The van der Waals surface area contributed by atoms with E-state index in [1.54, 1.807) is 49.6 Å². The van der Waals surface area contributed by atoms with Crippen LogP contribution in [0.4, 0.5) is 0 Å². The first-order valence-corrected chi connectivity index (χ1v) is 12.8. The van der Waals surface area contributed by atoms with Gasteiger partial charge in [-0.25, -0.2) is 0 Å². The molecular weight excluding hydrogens is 480 g/mol. The minimum atomic E-state index is -0.772. The molecule has 7 heteroatoms. The molecule has 1 saturated heterocycles. The number of ketones is 1. The molecule has 0 radical (unpaired) electrons. The van der Waals surface area contributed by atoms with Crippen molar-refractivity contribution in [2.75, 3.05) is 34.3 Å². The smallest absolute Gasteiger partial charge is 0.295 e. The van der Waals surface area contributed by atoms with Crippen LogP contribution in [0, 0.1) is 6.92 Å². The van der Waals surface area contributed by atoms with Gasteiger partial charge in [-0.15, -0.1) is 0 Å². The van der Waals surface area contributed by atoms with E-state index < -0.39 is 23.5 Å². The minimum Gasteiger partial charge on any atom is -0.872 e. The van der Waals surface area contributed by atoms with Gasteiger partial charge in [0.2, 0.25) is 5.78 Å². The minimum absolute atomic E-state index is 0.0333. The number of methoxy groups -OCH3 is 1. The number of likely N-dealkylation sites (tertiary alicyclic amines) is 1. The Balaban J connectivity index is 1.65. The average Bonchev–Trinajstić information content (AvgIpc) is 3.17. The first kappa shape index (κ1) is 26.9. The molecule has 0 spiro atoms. The molecule has 38 heavy (non-hydrogen) atoms. The molecular formula is C31H34N2O5. The lowest BCUT2D eigenvalue weighted by Crippen LogP contribution is -3.05. The topological polar surface area (TPSA) is 83.3 Å². The predicted molar refractivity (Wildman–Crippen MR) is 144 cm³/mol. The van der Waals surface area contributed by atoms with E-state index in [0.29, 0.717) is 42.2 Å². The van der Waals surface area contributed by atoms with Crippen LogP contribution in [0.2, 0.25) is 0 Å². The lowest BCUT2D eigenvalue weighted by Gasteiger charge is -2.28. The van der Waals surface area contributed by atoms with E-state index in [0.717, 1.165) is 17.7 Å². The summed E-state index contributed by atoms with van der Waals surface area (Å²) in [5, 5.41) is 13.7. The molecule has 1 unspecified atom stereocenters. The van der Waals surface area contributed by atoms with Gasteiger partial charge in [0.05, 0.1) is 33.8 Å². The Labute approximate surface area is 223 Å². The molecule has 1 aliphatic rings. The fourth-order valence-electron chi connectivity index (χ4n) is 4.65. The van der Waals surface area contributed by atoms with Crippen molar-refractivity contribution < 1.29 is 29.1 Å². The molecule has 0 bridgehead atoms. The van der Waals surface area contributed by atoms with E-state index in [2.05, 4.69) is 0 Å². The maximum Gasteiger partial charge on any atom is 0.295 e. The second-order valence-corrected chi connectivity index (χ2v) is 9.80. The quantitative estimate of drug-likeness (QED) is 0.255. The van der Waals surface area contributed by atoms with Crippen molar-refractivity contribution in [1.29, 1.82) is 0 Å². The Kier molecular flexibility index (Phi) is 8.48. The van der Waals surface area contributed by atoms with Crippen molar-refractivity contribution in [1.82, 2.24) is 4.90 Å². The monoisotopic (exact) mass is 514 g/mol. The van der Waals surface area contributed by atoms with Crippen LogP contribution in [-0.4, -0.2) is 50.9 Å². The Hall–Kier alpha value is -4.10. The van der Waals surface area contributed by atoms with E-state index in [1.807, 2.05) is 51.4 Å². The summed E-state index contributed by atoms with van der Waals surface area (Å²) in [6, 6.07) is 21.1. The molecule has 4 rings (SSSR count). The van der Waals surface area contributed by atoms with Gasteiger partial charge in [-0.2, -0.15) is 0 Å². The first-order valence-electron chi connectivity index (χ1n) is 12.8. The Morgan fingerprint density at radius 2 is 1.71 bits per heavy atom. The zero-order chi connectivity index (χ0) is 27.2. The molecule has 0 aromatic heterocycles. The van der Waals surface area contributed by atoms with Crippen LogP contribution >= 0.6 is 0 Å². The van der Waals surface area contributed by atoms with Crippen LogP contribution in [0.15, 0.2) is 78.4 Å². The van der Waals surface area contributed by atoms with Gasteiger partial charge < -0.3 is 24.4 Å². The number of nitrogens with zero attached hydrogens (tertiary/aromatic N) is 1. The number of ether oxygens (including phenoxy) is 2. The lowest BCUT2D eigenvalue weighted by atomic mass is 9.95. The van der Waals surface area contributed by atoms with Crippen molar-refractivity contribution in [2.24, 2.45) is 0 Å². The van der Waals surface area contributed by atoms with Gasteiger partial charge >= 0.3 is 0 Å². The number of Topliss-reactive ketones (excluding diaryl/α,β-unsaturated/α-hetero) is 1. The lowest BCUT2D eigenvalue weighted by molar-refractivity contribution is -0.858. The molecule has 1 aliphatic heterocycles. The summed E-state index contributed by atoms with van der Waals surface area (Å²) < 4.78 is 11.3. The molecule has 1 N–H and O–H groups in total. The van der Waals surface area contributed by atoms with Crippen LogP contribution in [0.25, 0.3) is 5.76 Å². The van der Waals surface area contributed by atoms with Gasteiger partial charge in [-0.1, -0.05) is 54.3 Å². The van der Waals surface area contributed by atoms with Gasteiger partial charge in [0, 0.05) is 18.5 Å². The molecule has 3 aromatic rings. The normalized spacial score (nSPS) is 16.8. The summed E-state index contributed by atoms with van der Waals surface area (Å²) in [6.07, 6.45) is 0.705. The van der Waals surface area contributed by atoms with Crippen LogP contribution in [0.3, 0.4) is 0 Å². The summed E-state index contributed by atoms with van der Waals surface area (Å²) in [5.41, 5.74) is 3.18. The van der Waals surface area contributed by atoms with Crippen molar-refractivity contribution in [3.8, 4) is 11.5 Å². The fourth-order valence-corrected chi connectivity index (χ4v) is 4.65. The zero-order valence-electron chi connectivity index (χ0n) is 22.3. The van der Waals surface area contributed by atoms with E-state index in [1.165, 1.54) is 9.80 Å². The number of benzene rings is 3. The standard InChI is InChI=1S/C31H34N2O5/c1-21-9-5-6-10-24(21)20-38-25-15-13-22(14-16-25)29(34)27-28(23-11-7-12-26(19-23)37-4)33(31(36)30(27)35)18-8-17-32(2)3/h5-7,9-16,19,28,34H,8,17-18,20H2,1-4H3. The molecule has 0 saturated carbocycles. The highest BCUT2D eigenvalue weighted by atomic mass is 16.5.